The van der Waals surface area contributed by atoms with Gasteiger partial charge in [-0.15, -0.1) is 0 Å². The average Bonchev–Trinajstić information content (AvgIpc) is 2.80. The summed E-state index contributed by atoms with van der Waals surface area (Å²) in [7, 11) is 4.20. The molecule has 1 aliphatic rings. The van der Waals surface area contributed by atoms with Crippen LogP contribution in [0.5, 0.6) is 0 Å². The van der Waals surface area contributed by atoms with Crippen LogP contribution in [0.15, 0.2) is 4.52 Å². The summed E-state index contributed by atoms with van der Waals surface area (Å²) in [5, 5.41) is 6.76. The first-order chi connectivity index (χ1) is 10.5. The number of carbonyl (C=O) groups excluding carboxylic acids is 1. The van der Waals surface area contributed by atoms with Gasteiger partial charge in [0.2, 0.25) is 5.89 Å². The summed E-state index contributed by atoms with van der Waals surface area (Å²) < 4.78 is 5.13. The smallest absolute Gasteiger partial charge is 0.317 e. The van der Waals surface area contributed by atoms with Gasteiger partial charge in [0, 0.05) is 25.0 Å². The maximum absolute atomic E-state index is 12.3. The molecule has 1 fully saturated rings. The lowest BCUT2D eigenvalue weighted by molar-refractivity contribution is 0.196. The van der Waals surface area contributed by atoms with Crippen LogP contribution in [0.1, 0.15) is 50.7 Å². The van der Waals surface area contributed by atoms with Crippen molar-refractivity contribution in [2.24, 2.45) is 0 Å². The second kappa shape index (κ2) is 7.58. The minimum absolute atomic E-state index is 0.0460. The van der Waals surface area contributed by atoms with Crippen molar-refractivity contribution >= 4 is 6.03 Å². The molecule has 22 heavy (non-hydrogen) atoms. The molecule has 1 aliphatic heterocycles. The Morgan fingerprint density at radius 1 is 1.41 bits per heavy atom. The molecule has 2 rings (SSSR count). The predicted molar refractivity (Wildman–Crippen MR) is 83.5 cm³/mol. The van der Waals surface area contributed by atoms with Gasteiger partial charge in [-0.05, 0) is 33.4 Å². The zero-order chi connectivity index (χ0) is 16.1. The largest absolute Gasteiger partial charge is 0.339 e. The van der Waals surface area contributed by atoms with Crippen molar-refractivity contribution in [1.29, 1.82) is 0 Å². The van der Waals surface area contributed by atoms with Crippen LogP contribution < -0.4 is 5.32 Å². The second-order valence-corrected chi connectivity index (χ2v) is 6.40. The quantitative estimate of drug-likeness (QED) is 0.918. The van der Waals surface area contributed by atoms with Crippen molar-refractivity contribution in [3.8, 4) is 0 Å². The molecule has 0 spiro atoms. The third-order valence-corrected chi connectivity index (χ3v) is 4.09. The number of hydrogen-bond donors (Lipinski definition) is 1. The van der Waals surface area contributed by atoms with Gasteiger partial charge in [0.25, 0.3) is 0 Å². The van der Waals surface area contributed by atoms with Crippen molar-refractivity contribution in [3.63, 3.8) is 0 Å². The van der Waals surface area contributed by atoms with Gasteiger partial charge in [0.1, 0.15) is 0 Å². The molecule has 0 saturated carbocycles. The first kappa shape index (κ1) is 16.7. The number of urea groups is 1. The van der Waals surface area contributed by atoms with E-state index in [1.807, 2.05) is 18.7 Å². The van der Waals surface area contributed by atoms with Gasteiger partial charge in [-0.3, -0.25) is 0 Å². The molecule has 0 bridgehead atoms. The third kappa shape index (κ3) is 4.43. The van der Waals surface area contributed by atoms with Crippen LogP contribution in [0, 0.1) is 0 Å². The highest BCUT2D eigenvalue weighted by atomic mass is 16.5. The van der Waals surface area contributed by atoms with E-state index in [9.17, 15) is 4.79 Å². The summed E-state index contributed by atoms with van der Waals surface area (Å²) in [6, 6.07) is 0.513. The highest BCUT2D eigenvalue weighted by molar-refractivity contribution is 5.74. The molecular formula is C15H27N5O2. The number of hydrogen-bond acceptors (Lipinski definition) is 5. The molecule has 1 aromatic heterocycles. The first-order valence-corrected chi connectivity index (χ1v) is 7.99. The summed E-state index contributed by atoms with van der Waals surface area (Å²) in [6.07, 6.45) is 3.19. The maximum Gasteiger partial charge on any atom is 0.317 e. The normalized spacial score (nSPS) is 19.5. The van der Waals surface area contributed by atoms with Crippen LogP contribution in [-0.2, 0) is 6.54 Å². The standard InChI is InChI=1S/C15H27N5O2/c1-11(2)14-17-13(18-22-14)10-16-15(21)20-8-5-6-12(7-9-20)19(3)4/h11-12H,5-10H2,1-4H3,(H,16,21)/t12-/m1/s1. The van der Waals surface area contributed by atoms with Gasteiger partial charge >= 0.3 is 6.03 Å². The Kier molecular flexibility index (Phi) is 5.76. The molecule has 1 atom stereocenters. The van der Waals surface area contributed by atoms with E-state index in [-0.39, 0.29) is 11.9 Å². The molecule has 7 nitrogen and oxygen atoms in total. The van der Waals surface area contributed by atoms with E-state index in [1.165, 1.54) is 0 Å². The van der Waals surface area contributed by atoms with E-state index in [4.69, 9.17) is 4.52 Å². The number of carbonyl (C=O) groups is 1. The number of aromatic nitrogens is 2. The van der Waals surface area contributed by atoms with Crippen molar-refractivity contribution < 1.29 is 9.32 Å². The fourth-order valence-electron chi connectivity index (χ4n) is 2.64. The van der Waals surface area contributed by atoms with Crippen molar-refractivity contribution in [1.82, 2.24) is 25.3 Å². The molecular weight excluding hydrogens is 282 g/mol. The van der Waals surface area contributed by atoms with Gasteiger partial charge < -0.3 is 19.6 Å². The molecule has 1 N–H and O–H groups in total. The van der Waals surface area contributed by atoms with Gasteiger partial charge in [0.15, 0.2) is 5.82 Å². The second-order valence-electron chi connectivity index (χ2n) is 6.40. The topological polar surface area (TPSA) is 74.5 Å². The maximum atomic E-state index is 12.3. The van der Waals surface area contributed by atoms with Gasteiger partial charge in [-0.2, -0.15) is 4.98 Å². The minimum Gasteiger partial charge on any atom is -0.339 e. The van der Waals surface area contributed by atoms with Gasteiger partial charge in [0.05, 0.1) is 6.54 Å². The molecule has 0 radical (unpaired) electrons. The van der Waals surface area contributed by atoms with E-state index in [0.29, 0.717) is 24.3 Å². The number of nitrogens with zero attached hydrogens (tertiary/aromatic N) is 4. The van der Waals surface area contributed by atoms with E-state index < -0.39 is 0 Å². The Bertz CT molecular complexity index is 486. The highest BCUT2D eigenvalue weighted by Crippen LogP contribution is 2.15. The van der Waals surface area contributed by atoms with Crippen LogP contribution in [0.25, 0.3) is 0 Å². The van der Waals surface area contributed by atoms with Crippen LogP contribution in [0.4, 0.5) is 4.79 Å². The molecule has 1 saturated heterocycles. The molecule has 1 aromatic rings. The first-order valence-electron chi connectivity index (χ1n) is 7.99. The zero-order valence-corrected chi connectivity index (χ0v) is 14.0. The number of likely N-dealkylation sites (tertiary alicyclic amines) is 1. The zero-order valence-electron chi connectivity index (χ0n) is 14.0. The molecule has 0 aliphatic carbocycles. The van der Waals surface area contributed by atoms with Crippen LogP contribution in [0.2, 0.25) is 0 Å². The Balaban J connectivity index is 1.81. The molecule has 7 heteroatoms. The highest BCUT2D eigenvalue weighted by Gasteiger charge is 2.21. The molecule has 0 aromatic carbocycles. The van der Waals surface area contributed by atoms with Gasteiger partial charge in [-0.25, -0.2) is 4.79 Å². The third-order valence-electron chi connectivity index (χ3n) is 4.09. The van der Waals surface area contributed by atoms with E-state index in [2.05, 4.69) is 34.5 Å². The van der Waals surface area contributed by atoms with E-state index in [0.717, 1.165) is 32.4 Å². The number of nitrogens with one attached hydrogen (secondary N) is 1. The van der Waals surface area contributed by atoms with Crippen molar-refractivity contribution in [2.45, 2.75) is 51.6 Å². The summed E-state index contributed by atoms with van der Waals surface area (Å²) in [5.41, 5.74) is 0. The van der Waals surface area contributed by atoms with Crippen LogP contribution in [0.3, 0.4) is 0 Å². The summed E-state index contributed by atoms with van der Waals surface area (Å²) in [4.78, 5) is 20.6. The SMILES string of the molecule is CC(C)c1nc(CNC(=O)N2CCC[C@@H](N(C)C)CC2)no1. The Morgan fingerprint density at radius 2 is 2.18 bits per heavy atom. The van der Waals surface area contributed by atoms with Crippen LogP contribution in [-0.4, -0.2) is 59.2 Å². The van der Waals surface area contributed by atoms with Crippen LogP contribution >= 0.6 is 0 Å². The monoisotopic (exact) mass is 309 g/mol. The van der Waals surface area contributed by atoms with Gasteiger partial charge in [-0.1, -0.05) is 19.0 Å². The number of amides is 2. The Morgan fingerprint density at radius 3 is 2.82 bits per heavy atom. The van der Waals surface area contributed by atoms with Crippen molar-refractivity contribution in [3.05, 3.63) is 11.7 Å². The summed E-state index contributed by atoms with van der Waals surface area (Å²) >= 11 is 0. The molecule has 0 unspecified atom stereocenters. The molecule has 124 valence electrons. The van der Waals surface area contributed by atoms with E-state index >= 15 is 0 Å². The lowest BCUT2D eigenvalue weighted by Crippen LogP contribution is -2.40. The van der Waals surface area contributed by atoms with E-state index in [1.54, 1.807) is 0 Å². The predicted octanol–water partition coefficient (Wildman–Crippen LogP) is 1.82. The van der Waals surface area contributed by atoms with Crippen molar-refractivity contribution in [2.75, 3.05) is 27.2 Å². The molecule has 2 heterocycles. The fraction of sp³-hybridized carbons (Fsp3) is 0.800. The lowest BCUT2D eigenvalue weighted by atomic mass is 10.1. The Labute approximate surface area is 132 Å². The summed E-state index contributed by atoms with van der Waals surface area (Å²) in [5.74, 6) is 1.33. The number of rotatable bonds is 4. The fourth-order valence-corrected chi connectivity index (χ4v) is 2.64. The Hall–Kier alpha value is -1.63. The minimum atomic E-state index is -0.0460. The molecule has 2 amide bonds. The summed E-state index contributed by atoms with van der Waals surface area (Å²) in [6.45, 7) is 5.89. The average molecular weight is 309 g/mol. The lowest BCUT2D eigenvalue weighted by Gasteiger charge is -2.23.